The van der Waals surface area contributed by atoms with Crippen LogP contribution in [0.5, 0.6) is 0 Å². The molecule has 0 atom stereocenters. The molecule has 0 unspecified atom stereocenters. The van der Waals surface area contributed by atoms with E-state index in [-0.39, 0.29) is 12.0 Å². The first kappa shape index (κ1) is 16.5. The Morgan fingerprint density at radius 1 is 1.22 bits per heavy atom. The number of aromatic nitrogens is 1. The average molecular weight is 319 g/mol. The van der Waals surface area contributed by atoms with Gasteiger partial charge < -0.3 is 19.9 Å². The lowest BCUT2D eigenvalue weighted by Crippen LogP contribution is -2.37. The number of carbonyl (C=O) groups is 1. The Balaban J connectivity index is 1.40. The second kappa shape index (κ2) is 7.97. The fourth-order valence-corrected chi connectivity index (χ4v) is 3.83. The lowest BCUT2D eigenvalue weighted by Gasteiger charge is -2.29. The molecule has 1 aliphatic carbocycles. The highest BCUT2D eigenvalue weighted by atomic mass is 16.3. The Bertz CT molecular complexity index is 500. The van der Waals surface area contributed by atoms with E-state index in [0.717, 1.165) is 44.6 Å². The molecule has 0 bridgehead atoms. The lowest BCUT2D eigenvalue weighted by atomic mass is 10.1. The lowest BCUT2D eigenvalue weighted by molar-refractivity contribution is 0.0816. The van der Waals surface area contributed by atoms with E-state index in [1.165, 1.54) is 25.7 Å². The van der Waals surface area contributed by atoms with Gasteiger partial charge in [0.15, 0.2) is 0 Å². The molecule has 5 heteroatoms. The van der Waals surface area contributed by atoms with Gasteiger partial charge in [-0.1, -0.05) is 12.8 Å². The van der Waals surface area contributed by atoms with Crippen LogP contribution in [-0.4, -0.2) is 52.8 Å². The third-order valence-electron chi connectivity index (χ3n) is 5.22. The molecule has 2 N–H and O–H groups in total. The summed E-state index contributed by atoms with van der Waals surface area (Å²) in [4.78, 5) is 14.8. The summed E-state index contributed by atoms with van der Waals surface area (Å²) in [6.07, 6.45) is 9.57. The highest BCUT2D eigenvalue weighted by molar-refractivity contribution is 5.92. The monoisotopic (exact) mass is 319 g/mol. The number of nitrogens with one attached hydrogen (secondary N) is 1. The summed E-state index contributed by atoms with van der Waals surface area (Å²) in [6.45, 7) is 3.66. The van der Waals surface area contributed by atoms with E-state index in [0.29, 0.717) is 12.6 Å². The van der Waals surface area contributed by atoms with Crippen molar-refractivity contribution in [1.29, 1.82) is 0 Å². The number of hydrogen-bond donors (Lipinski definition) is 2. The summed E-state index contributed by atoms with van der Waals surface area (Å²) in [5, 5.41) is 12.6. The third kappa shape index (κ3) is 4.36. The molecule has 1 saturated carbocycles. The van der Waals surface area contributed by atoms with Crippen LogP contribution in [0.15, 0.2) is 18.3 Å². The van der Waals surface area contributed by atoms with Crippen LogP contribution in [0.2, 0.25) is 0 Å². The van der Waals surface area contributed by atoms with Gasteiger partial charge in [0.1, 0.15) is 5.69 Å². The van der Waals surface area contributed by atoms with Gasteiger partial charge >= 0.3 is 0 Å². The zero-order valence-corrected chi connectivity index (χ0v) is 13.9. The zero-order valence-electron chi connectivity index (χ0n) is 13.9. The van der Waals surface area contributed by atoms with Crippen LogP contribution in [0.4, 0.5) is 0 Å². The minimum Gasteiger partial charge on any atom is -0.393 e. The van der Waals surface area contributed by atoms with Crippen LogP contribution in [0.1, 0.15) is 61.5 Å². The van der Waals surface area contributed by atoms with Crippen molar-refractivity contribution in [1.82, 2.24) is 14.8 Å². The topological polar surface area (TPSA) is 57.5 Å². The molecule has 0 spiro atoms. The van der Waals surface area contributed by atoms with Crippen molar-refractivity contribution in [3.8, 4) is 0 Å². The van der Waals surface area contributed by atoms with Crippen molar-refractivity contribution >= 4 is 5.91 Å². The van der Waals surface area contributed by atoms with Crippen molar-refractivity contribution < 1.29 is 9.90 Å². The van der Waals surface area contributed by atoms with Crippen LogP contribution >= 0.6 is 0 Å². The maximum Gasteiger partial charge on any atom is 0.267 e. The van der Waals surface area contributed by atoms with E-state index in [1.807, 2.05) is 18.3 Å². The van der Waals surface area contributed by atoms with Gasteiger partial charge in [-0.25, -0.2) is 0 Å². The van der Waals surface area contributed by atoms with E-state index in [2.05, 4.69) is 14.8 Å². The summed E-state index contributed by atoms with van der Waals surface area (Å²) in [6, 6.07) is 4.41. The predicted molar refractivity (Wildman–Crippen MR) is 90.6 cm³/mol. The Kier molecular flexibility index (Phi) is 5.73. The third-order valence-corrected chi connectivity index (χ3v) is 5.22. The molecule has 0 radical (unpaired) electrons. The van der Waals surface area contributed by atoms with Gasteiger partial charge in [0.2, 0.25) is 0 Å². The predicted octanol–water partition coefficient (Wildman–Crippen LogP) is 2.18. The molecule has 1 amide bonds. The number of likely N-dealkylation sites (tertiary alicyclic amines) is 1. The number of rotatable bonds is 6. The maximum atomic E-state index is 12.4. The smallest absolute Gasteiger partial charge is 0.267 e. The van der Waals surface area contributed by atoms with Gasteiger partial charge in [-0.2, -0.15) is 0 Å². The molecular weight excluding hydrogens is 290 g/mol. The minimum atomic E-state index is -0.116. The van der Waals surface area contributed by atoms with E-state index >= 15 is 0 Å². The minimum absolute atomic E-state index is 0.0518. The fourth-order valence-electron chi connectivity index (χ4n) is 3.83. The number of carbonyl (C=O) groups excluding carboxylic acids is 1. The van der Waals surface area contributed by atoms with Gasteiger partial charge in [0.25, 0.3) is 5.91 Å². The number of aliphatic hydroxyl groups is 1. The van der Waals surface area contributed by atoms with Crippen molar-refractivity contribution in [2.24, 2.45) is 0 Å². The van der Waals surface area contributed by atoms with Gasteiger partial charge in [-0.05, 0) is 50.8 Å². The summed E-state index contributed by atoms with van der Waals surface area (Å²) < 4.78 is 2.16. The number of piperidine rings is 1. The standard InChI is InChI=1S/C18H29N3O2/c22-16-8-13-20(14-9-16)11-4-10-19-18(23)17-7-3-12-21(17)15-5-1-2-6-15/h3,7,12,15-16,22H,1-2,4-6,8-11,13-14H2,(H,19,23). The molecule has 5 nitrogen and oxygen atoms in total. The molecule has 2 fully saturated rings. The number of aliphatic hydroxyl groups excluding tert-OH is 1. The normalized spacial score (nSPS) is 20.9. The highest BCUT2D eigenvalue weighted by Gasteiger charge is 2.21. The first-order chi connectivity index (χ1) is 11.2. The van der Waals surface area contributed by atoms with Gasteiger partial charge in [-0.15, -0.1) is 0 Å². The second-order valence-corrected chi connectivity index (χ2v) is 6.92. The zero-order chi connectivity index (χ0) is 16.1. The van der Waals surface area contributed by atoms with Crippen molar-refractivity contribution in [2.75, 3.05) is 26.2 Å². The van der Waals surface area contributed by atoms with E-state index in [1.54, 1.807) is 0 Å². The Hall–Kier alpha value is -1.33. The van der Waals surface area contributed by atoms with Crippen molar-refractivity contribution in [2.45, 2.75) is 57.1 Å². The quantitative estimate of drug-likeness (QED) is 0.790. The Morgan fingerprint density at radius 3 is 2.70 bits per heavy atom. The van der Waals surface area contributed by atoms with E-state index in [4.69, 9.17) is 0 Å². The summed E-state index contributed by atoms with van der Waals surface area (Å²) in [5.41, 5.74) is 0.804. The molecule has 1 aliphatic heterocycles. The molecule has 1 saturated heterocycles. The van der Waals surface area contributed by atoms with Crippen molar-refractivity contribution in [3.63, 3.8) is 0 Å². The Labute approximate surface area is 138 Å². The summed E-state index contributed by atoms with van der Waals surface area (Å²) >= 11 is 0. The number of amides is 1. The SMILES string of the molecule is O=C(NCCCN1CCC(O)CC1)c1cccn1C1CCCC1. The van der Waals surface area contributed by atoms with Crippen LogP contribution in [0, 0.1) is 0 Å². The van der Waals surface area contributed by atoms with Crippen LogP contribution in [0.25, 0.3) is 0 Å². The van der Waals surface area contributed by atoms with E-state index in [9.17, 15) is 9.90 Å². The molecule has 0 aromatic carbocycles. The summed E-state index contributed by atoms with van der Waals surface area (Å²) in [5.74, 6) is 0.0518. The molecule has 3 rings (SSSR count). The molecule has 23 heavy (non-hydrogen) atoms. The molecular formula is C18H29N3O2. The van der Waals surface area contributed by atoms with Crippen LogP contribution in [-0.2, 0) is 0 Å². The van der Waals surface area contributed by atoms with Crippen molar-refractivity contribution in [3.05, 3.63) is 24.0 Å². The molecule has 1 aromatic heterocycles. The first-order valence-corrected chi connectivity index (χ1v) is 9.09. The van der Waals surface area contributed by atoms with E-state index < -0.39 is 0 Å². The molecule has 2 heterocycles. The van der Waals surface area contributed by atoms with Gasteiger partial charge in [0.05, 0.1) is 6.10 Å². The maximum absolute atomic E-state index is 12.4. The number of nitrogens with zero attached hydrogens (tertiary/aromatic N) is 2. The van der Waals surface area contributed by atoms with Gasteiger partial charge in [0, 0.05) is 31.9 Å². The average Bonchev–Trinajstić information content (AvgIpc) is 3.23. The van der Waals surface area contributed by atoms with Gasteiger partial charge in [-0.3, -0.25) is 4.79 Å². The van der Waals surface area contributed by atoms with Crippen LogP contribution in [0.3, 0.4) is 0 Å². The summed E-state index contributed by atoms with van der Waals surface area (Å²) in [7, 11) is 0. The Morgan fingerprint density at radius 2 is 1.96 bits per heavy atom. The first-order valence-electron chi connectivity index (χ1n) is 9.09. The van der Waals surface area contributed by atoms with Crippen LogP contribution < -0.4 is 5.32 Å². The molecule has 1 aromatic rings. The molecule has 128 valence electrons. The molecule has 2 aliphatic rings. The number of hydrogen-bond acceptors (Lipinski definition) is 3. The largest absolute Gasteiger partial charge is 0.393 e. The highest BCUT2D eigenvalue weighted by Crippen LogP contribution is 2.30. The second-order valence-electron chi connectivity index (χ2n) is 6.92. The fraction of sp³-hybridized carbons (Fsp3) is 0.722.